The average molecular weight is 299 g/mol. The quantitative estimate of drug-likeness (QED) is 0.903. The Morgan fingerprint density at radius 2 is 1.68 bits per heavy atom. The number of hydrogen-bond acceptors (Lipinski definition) is 4. The van der Waals surface area contributed by atoms with Crippen molar-refractivity contribution in [1.29, 1.82) is 0 Å². The van der Waals surface area contributed by atoms with E-state index in [1.54, 1.807) is 38.1 Å². The van der Waals surface area contributed by atoms with Gasteiger partial charge in [-0.05, 0) is 32.4 Å². The topological polar surface area (TPSA) is 92.2 Å². The highest BCUT2D eigenvalue weighted by molar-refractivity contribution is 6.04. The van der Waals surface area contributed by atoms with Crippen LogP contribution in [-0.4, -0.2) is 27.0 Å². The Kier molecular flexibility index (Phi) is 4.50. The highest BCUT2D eigenvalue weighted by Crippen LogP contribution is 2.17. The van der Waals surface area contributed by atoms with Crippen molar-refractivity contribution in [1.82, 2.24) is 9.97 Å². The maximum absolute atomic E-state index is 12.4. The van der Waals surface area contributed by atoms with Gasteiger partial charge >= 0.3 is 5.97 Å². The first kappa shape index (κ1) is 15.6. The number of amides is 1. The number of rotatable bonds is 4. The summed E-state index contributed by atoms with van der Waals surface area (Å²) in [5.74, 6) is -1.35. The number of nitrogens with zero attached hydrogens (tertiary/aromatic N) is 2. The molecule has 0 aliphatic heterocycles. The number of aryl methyl sites for hydroxylation is 3. The van der Waals surface area contributed by atoms with Gasteiger partial charge in [0.2, 0.25) is 0 Å². The Bertz CT molecular complexity index is 741. The number of aromatic nitrogens is 2. The van der Waals surface area contributed by atoms with Crippen LogP contribution in [0.15, 0.2) is 24.3 Å². The molecule has 1 amide bonds. The maximum Gasteiger partial charge on any atom is 0.307 e. The van der Waals surface area contributed by atoms with E-state index >= 15 is 0 Å². The molecule has 114 valence electrons. The summed E-state index contributed by atoms with van der Waals surface area (Å²) in [6, 6.07) is 6.80. The Morgan fingerprint density at radius 1 is 1.05 bits per heavy atom. The fourth-order valence-electron chi connectivity index (χ4n) is 2.07. The van der Waals surface area contributed by atoms with Gasteiger partial charge in [0, 0.05) is 5.69 Å². The number of aliphatic carboxylic acids is 1. The number of nitrogens with one attached hydrogen (secondary N) is 1. The van der Waals surface area contributed by atoms with E-state index in [-0.39, 0.29) is 12.1 Å². The summed E-state index contributed by atoms with van der Waals surface area (Å²) in [4.78, 5) is 31.8. The van der Waals surface area contributed by atoms with E-state index in [1.165, 1.54) is 0 Å². The Labute approximate surface area is 128 Å². The van der Waals surface area contributed by atoms with Crippen molar-refractivity contribution in [3.63, 3.8) is 0 Å². The second-order valence-electron chi connectivity index (χ2n) is 5.01. The van der Waals surface area contributed by atoms with Crippen molar-refractivity contribution in [3.8, 4) is 0 Å². The number of carboxylic acids is 1. The normalized spacial score (nSPS) is 10.3. The lowest BCUT2D eigenvalue weighted by Gasteiger charge is -2.11. The Hall–Kier alpha value is -2.76. The zero-order chi connectivity index (χ0) is 16.3. The summed E-state index contributed by atoms with van der Waals surface area (Å²) in [7, 11) is 0. The van der Waals surface area contributed by atoms with Gasteiger partial charge in [-0.2, -0.15) is 0 Å². The minimum atomic E-state index is -0.955. The number of carbonyl (C=O) groups is 2. The molecule has 0 fully saturated rings. The van der Waals surface area contributed by atoms with Gasteiger partial charge in [-0.25, -0.2) is 4.98 Å². The maximum atomic E-state index is 12.4. The molecule has 0 bridgehead atoms. The molecule has 1 aromatic carbocycles. The smallest absolute Gasteiger partial charge is 0.307 e. The molecule has 0 unspecified atom stereocenters. The van der Waals surface area contributed by atoms with Crippen molar-refractivity contribution >= 4 is 17.6 Å². The van der Waals surface area contributed by atoms with E-state index in [4.69, 9.17) is 5.11 Å². The lowest BCUT2D eigenvalue weighted by Crippen LogP contribution is -2.18. The van der Waals surface area contributed by atoms with Gasteiger partial charge < -0.3 is 10.4 Å². The van der Waals surface area contributed by atoms with Gasteiger partial charge in [0.1, 0.15) is 5.69 Å². The molecule has 0 aliphatic carbocycles. The van der Waals surface area contributed by atoms with E-state index in [9.17, 15) is 9.59 Å². The molecule has 22 heavy (non-hydrogen) atoms. The number of benzene rings is 1. The molecular weight excluding hydrogens is 282 g/mol. The van der Waals surface area contributed by atoms with Crippen molar-refractivity contribution in [2.75, 3.05) is 5.32 Å². The van der Waals surface area contributed by atoms with Crippen LogP contribution in [0.4, 0.5) is 5.69 Å². The first-order chi connectivity index (χ1) is 10.4. The van der Waals surface area contributed by atoms with Gasteiger partial charge in [0.15, 0.2) is 0 Å². The van der Waals surface area contributed by atoms with Gasteiger partial charge in [-0.1, -0.05) is 18.2 Å². The zero-order valence-electron chi connectivity index (χ0n) is 12.7. The highest BCUT2D eigenvalue weighted by atomic mass is 16.4. The van der Waals surface area contributed by atoms with Crippen LogP contribution in [0.5, 0.6) is 0 Å². The minimum absolute atomic E-state index is 0.159. The first-order valence-electron chi connectivity index (χ1n) is 6.81. The van der Waals surface area contributed by atoms with Crippen LogP contribution in [-0.2, 0) is 11.2 Å². The van der Waals surface area contributed by atoms with Crippen molar-refractivity contribution in [2.45, 2.75) is 27.2 Å². The molecule has 1 heterocycles. The summed E-state index contributed by atoms with van der Waals surface area (Å²) >= 11 is 0. The third-order valence-corrected chi connectivity index (χ3v) is 3.30. The second kappa shape index (κ2) is 6.34. The molecule has 6 nitrogen and oxygen atoms in total. The Morgan fingerprint density at radius 3 is 2.36 bits per heavy atom. The van der Waals surface area contributed by atoms with Crippen LogP contribution in [0.25, 0.3) is 0 Å². The van der Waals surface area contributed by atoms with Crippen LogP contribution in [0, 0.1) is 20.8 Å². The number of hydrogen-bond donors (Lipinski definition) is 2. The summed E-state index contributed by atoms with van der Waals surface area (Å²) in [5.41, 5.74) is 3.26. The fraction of sp³-hybridized carbons (Fsp3) is 0.250. The largest absolute Gasteiger partial charge is 0.481 e. The lowest BCUT2D eigenvalue weighted by molar-refractivity contribution is -0.136. The lowest BCUT2D eigenvalue weighted by atomic mass is 10.1. The third kappa shape index (κ3) is 3.46. The van der Waals surface area contributed by atoms with Crippen LogP contribution < -0.4 is 5.32 Å². The van der Waals surface area contributed by atoms with Crippen molar-refractivity contribution in [3.05, 3.63) is 52.6 Å². The standard InChI is InChI=1S/C16H17N3O3/c1-9-10(2)18-15(11(3)17-9)16(22)19-13-7-5-4-6-12(13)8-14(20)21/h4-7H,8H2,1-3H3,(H,19,22)(H,20,21). The van der Waals surface area contributed by atoms with Crippen LogP contribution >= 0.6 is 0 Å². The van der Waals surface area contributed by atoms with Gasteiger partial charge in [0.25, 0.3) is 5.91 Å². The van der Waals surface area contributed by atoms with Gasteiger partial charge in [-0.15, -0.1) is 0 Å². The fourth-order valence-corrected chi connectivity index (χ4v) is 2.07. The summed E-state index contributed by atoms with van der Waals surface area (Å²) < 4.78 is 0. The summed E-state index contributed by atoms with van der Waals surface area (Å²) in [6.45, 7) is 5.34. The molecule has 0 atom stereocenters. The Balaban J connectivity index is 2.30. The monoisotopic (exact) mass is 299 g/mol. The van der Waals surface area contributed by atoms with E-state index in [2.05, 4.69) is 15.3 Å². The molecule has 0 saturated heterocycles. The molecule has 0 aliphatic rings. The zero-order valence-corrected chi connectivity index (χ0v) is 12.7. The molecule has 1 aromatic heterocycles. The minimum Gasteiger partial charge on any atom is -0.481 e. The van der Waals surface area contributed by atoms with E-state index in [0.717, 1.165) is 5.69 Å². The number of carbonyl (C=O) groups excluding carboxylic acids is 1. The van der Waals surface area contributed by atoms with E-state index in [0.29, 0.717) is 22.6 Å². The first-order valence-corrected chi connectivity index (χ1v) is 6.81. The molecule has 2 N–H and O–H groups in total. The van der Waals surface area contributed by atoms with Crippen molar-refractivity contribution in [2.24, 2.45) is 0 Å². The van der Waals surface area contributed by atoms with Gasteiger partial charge in [-0.3, -0.25) is 14.6 Å². The predicted octanol–water partition coefficient (Wildman–Crippen LogP) is 2.28. The SMILES string of the molecule is Cc1nc(C)c(C(=O)Nc2ccccc2CC(=O)O)nc1C. The van der Waals surface area contributed by atoms with Crippen LogP contribution in [0.2, 0.25) is 0 Å². The molecule has 2 rings (SSSR count). The number of para-hydroxylation sites is 1. The highest BCUT2D eigenvalue weighted by Gasteiger charge is 2.16. The average Bonchev–Trinajstić information content (AvgIpc) is 2.44. The van der Waals surface area contributed by atoms with Crippen molar-refractivity contribution < 1.29 is 14.7 Å². The van der Waals surface area contributed by atoms with E-state index < -0.39 is 11.9 Å². The second-order valence-corrected chi connectivity index (χ2v) is 5.01. The molecular formula is C16H17N3O3. The molecule has 0 radical (unpaired) electrons. The molecule has 2 aromatic rings. The number of anilines is 1. The summed E-state index contributed by atoms with van der Waals surface area (Å²) in [6.07, 6.45) is -0.159. The number of carboxylic acid groups (broad SMARTS) is 1. The molecule has 0 spiro atoms. The summed E-state index contributed by atoms with van der Waals surface area (Å²) in [5, 5.41) is 11.6. The predicted molar refractivity (Wildman–Crippen MR) is 82.0 cm³/mol. The van der Waals surface area contributed by atoms with Gasteiger partial charge in [0.05, 0.1) is 23.5 Å². The third-order valence-electron chi connectivity index (χ3n) is 3.30. The molecule has 0 saturated carbocycles. The molecule has 6 heteroatoms. The van der Waals surface area contributed by atoms with Crippen LogP contribution in [0.3, 0.4) is 0 Å². The van der Waals surface area contributed by atoms with E-state index in [1.807, 2.05) is 6.92 Å². The van der Waals surface area contributed by atoms with Crippen LogP contribution in [0.1, 0.15) is 33.1 Å².